The van der Waals surface area contributed by atoms with Gasteiger partial charge in [-0.1, -0.05) is 17.8 Å². The lowest BCUT2D eigenvalue weighted by Crippen LogP contribution is -2.22. The third kappa shape index (κ3) is 3.36. The van der Waals surface area contributed by atoms with E-state index in [-0.39, 0.29) is 5.56 Å². The molecular formula is C20H16N2O4S2. The largest absolute Gasteiger partial charge is 0.497 e. The van der Waals surface area contributed by atoms with Crippen molar-refractivity contribution < 1.29 is 9.15 Å². The molecule has 3 aromatic heterocycles. The number of hydrogen-bond acceptors (Lipinski definition) is 7. The van der Waals surface area contributed by atoms with Gasteiger partial charge in [0.1, 0.15) is 16.2 Å². The second-order valence-corrected chi connectivity index (χ2v) is 7.82. The van der Waals surface area contributed by atoms with Crippen molar-refractivity contribution in [3.8, 4) is 5.75 Å². The predicted octanol–water partition coefficient (Wildman–Crippen LogP) is 4.05. The van der Waals surface area contributed by atoms with Crippen LogP contribution in [0.4, 0.5) is 0 Å². The van der Waals surface area contributed by atoms with Crippen molar-refractivity contribution in [1.82, 2.24) is 9.55 Å². The van der Waals surface area contributed by atoms with Crippen LogP contribution >= 0.6 is 23.1 Å². The molecule has 4 aromatic rings. The maximum absolute atomic E-state index is 12.7. The third-order valence-electron chi connectivity index (χ3n) is 4.25. The first-order chi connectivity index (χ1) is 13.6. The van der Waals surface area contributed by atoms with Crippen LogP contribution in [0.15, 0.2) is 67.5 Å². The number of hydrogen-bond donors (Lipinski definition) is 0. The summed E-state index contributed by atoms with van der Waals surface area (Å²) in [4.78, 5) is 30.1. The number of nitrogens with zero attached hydrogens (tertiary/aromatic N) is 2. The molecule has 0 aliphatic rings. The Morgan fingerprint density at radius 3 is 2.93 bits per heavy atom. The number of aromatic nitrogens is 2. The lowest BCUT2D eigenvalue weighted by Gasteiger charge is -2.11. The SMILES string of the molecule is C=CCn1c(SCc2cc(=O)oc3cc(OC)ccc23)nc2sccc2c1=O. The Morgan fingerprint density at radius 1 is 1.29 bits per heavy atom. The van der Waals surface area contributed by atoms with E-state index in [2.05, 4.69) is 11.6 Å². The first kappa shape index (κ1) is 18.5. The van der Waals surface area contributed by atoms with Crippen LogP contribution in [0.5, 0.6) is 5.75 Å². The van der Waals surface area contributed by atoms with Gasteiger partial charge < -0.3 is 9.15 Å². The summed E-state index contributed by atoms with van der Waals surface area (Å²) < 4.78 is 12.1. The average Bonchev–Trinajstić information content (AvgIpc) is 3.16. The Morgan fingerprint density at radius 2 is 2.14 bits per heavy atom. The Kier molecular flexibility index (Phi) is 5.06. The highest BCUT2D eigenvalue weighted by Gasteiger charge is 2.14. The minimum atomic E-state index is -0.429. The monoisotopic (exact) mass is 412 g/mol. The first-order valence-electron chi connectivity index (χ1n) is 8.43. The van der Waals surface area contributed by atoms with E-state index in [9.17, 15) is 9.59 Å². The van der Waals surface area contributed by atoms with Crippen molar-refractivity contribution in [1.29, 1.82) is 0 Å². The van der Waals surface area contributed by atoms with Crippen molar-refractivity contribution in [2.75, 3.05) is 7.11 Å². The quantitative estimate of drug-likeness (QED) is 0.206. The van der Waals surface area contributed by atoms with Gasteiger partial charge in [0.25, 0.3) is 5.56 Å². The predicted molar refractivity (Wildman–Crippen MR) is 113 cm³/mol. The van der Waals surface area contributed by atoms with Crippen LogP contribution in [0.25, 0.3) is 21.2 Å². The van der Waals surface area contributed by atoms with E-state index in [1.165, 1.54) is 29.2 Å². The number of fused-ring (bicyclic) bond motifs is 2. The fraction of sp³-hybridized carbons (Fsp3) is 0.150. The molecule has 0 fully saturated rings. The maximum Gasteiger partial charge on any atom is 0.336 e. The van der Waals surface area contributed by atoms with Crippen molar-refractivity contribution in [2.24, 2.45) is 0 Å². The van der Waals surface area contributed by atoms with Gasteiger partial charge in [-0.25, -0.2) is 9.78 Å². The van der Waals surface area contributed by atoms with Gasteiger partial charge >= 0.3 is 5.63 Å². The summed E-state index contributed by atoms with van der Waals surface area (Å²) in [6.45, 7) is 4.10. The number of benzene rings is 1. The molecule has 8 heteroatoms. The second-order valence-electron chi connectivity index (χ2n) is 5.98. The first-order valence-corrected chi connectivity index (χ1v) is 10.3. The van der Waals surface area contributed by atoms with Crippen LogP contribution in [0.2, 0.25) is 0 Å². The maximum atomic E-state index is 12.7. The molecule has 0 amide bonds. The van der Waals surface area contributed by atoms with Gasteiger partial charge in [0.2, 0.25) is 0 Å². The van der Waals surface area contributed by atoms with Crippen LogP contribution in [-0.4, -0.2) is 16.7 Å². The Labute approximate surface area is 168 Å². The number of thioether (sulfide) groups is 1. The zero-order chi connectivity index (χ0) is 19.7. The lowest BCUT2D eigenvalue weighted by atomic mass is 10.1. The van der Waals surface area contributed by atoms with Crippen LogP contribution in [-0.2, 0) is 12.3 Å². The number of methoxy groups -OCH3 is 1. The highest BCUT2D eigenvalue weighted by Crippen LogP contribution is 2.28. The van der Waals surface area contributed by atoms with Gasteiger partial charge in [-0.05, 0) is 29.1 Å². The Bertz CT molecular complexity index is 1300. The fourth-order valence-corrected chi connectivity index (χ4v) is 4.73. The molecule has 6 nitrogen and oxygen atoms in total. The number of ether oxygens (including phenoxy) is 1. The van der Waals surface area contributed by atoms with E-state index in [1.807, 2.05) is 17.5 Å². The lowest BCUT2D eigenvalue weighted by molar-refractivity contribution is 0.414. The van der Waals surface area contributed by atoms with Gasteiger partial charge in [-0.15, -0.1) is 17.9 Å². The normalized spacial score (nSPS) is 11.2. The molecule has 3 heterocycles. The molecule has 0 atom stereocenters. The number of rotatable bonds is 6. The van der Waals surface area contributed by atoms with Crippen molar-refractivity contribution in [3.05, 3.63) is 74.7 Å². The van der Waals surface area contributed by atoms with E-state index in [1.54, 1.807) is 29.9 Å². The van der Waals surface area contributed by atoms with Gasteiger partial charge in [0, 0.05) is 29.8 Å². The topological polar surface area (TPSA) is 74.3 Å². The fourth-order valence-electron chi connectivity index (χ4n) is 2.93. The van der Waals surface area contributed by atoms with Crippen LogP contribution < -0.4 is 15.9 Å². The molecule has 4 rings (SSSR count). The molecule has 142 valence electrons. The highest BCUT2D eigenvalue weighted by atomic mass is 32.2. The van der Waals surface area contributed by atoms with E-state index < -0.39 is 5.63 Å². The molecule has 0 bridgehead atoms. The summed E-state index contributed by atoms with van der Waals surface area (Å²) >= 11 is 2.84. The molecular weight excluding hydrogens is 396 g/mol. The molecule has 0 unspecified atom stereocenters. The minimum Gasteiger partial charge on any atom is -0.497 e. The summed E-state index contributed by atoms with van der Waals surface area (Å²) in [5.41, 5.74) is 0.759. The zero-order valence-electron chi connectivity index (χ0n) is 15.0. The van der Waals surface area contributed by atoms with Gasteiger partial charge in [0.15, 0.2) is 5.16 Å². The summed E-state index contributed by atoms with van der Waals surface area (Å²) in [5.74, 6) is 1.08. The summed E-state index contributed by atoms with van der Waals surface area (Å²) in [6, 6.07) is 8.63. The summed E-state index contributed by atoms with van der Waals surface area (Å²) in [6.07, 6.45) is 1.67. The van der Waals surface area contributed by atoms with E-state index in [0.29, 0.717) is 39.0 Å². The van der Waals surface area contributed by atoms with Crippen LogP contribution in [0.1, 0.15) is 5.56 Å². The molecule has 0 N–H and O–H groups in total. The standard InChI is InChI=1S/C20H16N2O4S2/c1-3-7-22-19(24)15-6-8-27-18(15)21-20(22)28-11-12-9-17(23)26-16-10-13(25-2)4-5-14(12)16/h3-6,8-10H,1,7,11H2,2H3. The van der Waals surface area contributed by atoms with Crippen LogP contribution in [0.3, 0.4) is 0 Å². The highest BCUT2D eigenvalue weighted by molar-refractivity contribution is 7.98. The van der Waals surface area contributed by atoms with Crippen LogP contribution in [0, 0.1) is 0 Å². The number of thiophene rings is 1. The molecule has 0 saturated carbocycles. The van der Waals surface area contributed by atoms with Crippen molar-refractivity contribution in [2.45, 2.75) is 17.5 Å². The third-order valence-corrected chi connectivity index (χ3v) is 6.09. The van der Waals surface area contributed by atoms with E-state index >= 15 is 0 Å². The van der Waals surface area contributed by atoms with Crippen molar-refractivity contribution in [3.63, 3.8) is 0 Å². The molecule has 0 spiro atoms. The summed E-state index contributed by atoms with van der Waals surface area (Å²) in [5, 5.41) is 3.88. The average molecular weight is 412 g/mol. The second kappa shape index (κ2) is 7.65. The van der Waals surface area contributed by atoms with Crippen molar-refractivity contribution >= 4 is 44.3 Å². The molecule has 1 aromatic carbocycles. The van der Waals surface area contributed by atoms with Gasteiger partial charge in [-0.2, -0.15) is 0 Å². The molecule has 0 aliphatic heterocycles. The Hall–Kier alpha value is -2.84. The van der Waals surface area contributed by atoms with E-state index in [4.69, 9.17) is 9.15 Å². The van der Waals surface area contributed by atoms with Gasteiger partial charge in [0.05, 0.1) is 12.5 Å². The van der Waals surface area contributed by atoms with Gasteiger partial charge in [-0.3, -0.25) is 9.36 Å². The smallest absolute Gasteiger partial charge is 0.336 e. The molecule has 0 saturated heterocycles. The van der Waals surface area contributed by atoms with E-state index in [0.717, 1.165) is 10.9 Å². The molecule has 28 heavy (non-hydrogen) atoms. The zero-order valence-corrected chi connectivity index (χ0v) is 16.6. The number of allylic oxidation sites excluding steroid dienone is 1. The minimum absolute atomic E-state index is 0.0872. The molecule has 0 radical (unpaired) electrons. The Balaban J connectivity index is 1.75. The summed E-state index contributed by atoms with van der Waals surface area (Å²) in [7, 11) is 1.56. The molecule has 0 aliphatic carbocycles.